The fourth-order valence-electron chi connectivity index (χ4n) is 2.52. The number of fused-ring (bicyclic) bond motifs is 1. The first-order chi connectivity index (χ1) is 9.91. The standard InChI is InChI=1S/C12H14N4O5/c1-4-7(17)8(18)11(21-4)16-2-5(12(19)20)6-9(13)14-3-15-10(6)16/h2-4,7-8,11,17-18H,1H3,(H,19,20)(H2,13,14,15). The van der Waals surface area contributed by atoms with Crippen LogP contribution in [0, 0.1) is 0 Å². The molecule has 0 saturated carbocycles. The van der Waals surface area contributed by atoms with Crippen molar-refractivity contribution in [3.05, 3.63) is 18.1 Å². The minimum absolute atomic E-state index is 0.0252. The van der Waals surface area contributed by atoms with Gasteiger partial charge in [0.15, 0.2) is 6.23 Å². The Hall–Kier alpha value is -2.23. The summed E-state index contributed by atoms with van der Waals surface area (Å²) in [7, 11) is 0. The molecule has 9 nitrogen and oxygen atoms in total. The zero-order valence-electron chi connectivity index (χ0n) is 11.0. The fourth-order valence-corrected chi connectivity index (χ4v) is 2.52. The smallest absolute Gasteiger partial charge is 0.338 e. The van der Waals surface area contributed by atoms with Crippen LogP contribution in [0.2, 0.25) is 0 Å². The first-order valence-corrected chi connectivity index (χ1v) is 6.27. The van der Waals surface area contributed by atoms with Crippen LogP contribution in [0.5, 0.6) is 0 Å². The van der Waals surface area contributed by atoms with Crippen molar-refractivity contribution in [2.24, 2.45) is 0 Å². The van der Waals surface area contributed by atoms with Crippen molar-refractivity contribution in [2.45, 2.75) is 31.5 Å². The molecule has 1 aliphatic rings. The van der Waals surface area contributed by atoms with Gasteiger partial charge < -0.3 is 30.4 Å². The highest BCUT2D eigenvalue weighted by atomic mass is 16.6. The lowest BCUT2D eigenvalue weighted by Gasteiger charge is -2.17. The molecule has 1 aliphatic heterocycles. The van der Waals surface area contributed by atoms with Crippen molar-refractivity contribution in [1.29, 1.82) is 0 Å². The number of carbonyl (C=O) groups is 1. The summed E-state index contributed by atoms with van der Waals surface area (Å²) < 4.78 is 6.84. The lowest BCUT2D eigenvalue weighted by Crippen LogP contribution is -2.30. The van der Waals surface area contributed by atoms with Gasteiger partial charge in [-0.15, -0.1) is 0 Å². The van der Waals surface area contributed by atoms with E-state index in [0.717, 1.165) is 0 Å². The molecule has 5 N–H and O–H groups in total. The molecule has 0 spiro atoms. The minimum Gasteiger partial charge on any atom is -0.478 e. The van der Waals surface area contributed by atoms with E-state index >= 15 is 0 Å². The SMILES string of the molecule is CC1OC(n2cc(C(=O)O)c3c(N)ncnc32)C(O)C1O. The van der Waals surface area contributed by atoms with Crippen molar-refractivity contribution in [1.82, 2.24) is 14.5 Å². The number of aliphatic hydroxyl groups is 2. The summed E-state index contributed by atoms with van der Waals surface area (Å²) in [4.78, 5) is 19.1. The lowest BCUT2D eigenvalue weighted by atomic mass is 10.1. The van der Waals surface area contributed by atoms with E-state index in [-0.39, 0.29) is 22.4 Å². The Morgan fingerprint density at radius 3 is 2.67 bits per heavy atom. The average molecular weight is 294 g/mol. The second-order valence-electron chi connectivity index (χ2n) is 4.93. The zero-order valence-corrected chi connectivity index (χ0v) is 11.0. The number of anilines is 1. The third kappa shape index (κ3) is 1.94. The lowest BCUT2D eigenvalue weighted by molar-refractivity contribution is -0.0297. The maximum Gasteiger partial charge on any atom is 0.338 e. The van der Waals surface area contributed by atoms with Gasteiger partial charge >= 0.3 is 5.97 Å². The number of carboxylic acids is 1. The van der Waals surface area contributed by atoms with E-state index in [1.165, 1.54) is 17.1 Å². The summed E-state index contributed by atoms with van der Waals surface area (Å²) in [5.41, 5.74) is 5.85. The van der Waals surface area contributed by atoms with Crippen LogP contribution in [-0.4, -0.2) is 54.1 Å². The number of ether oxygens (including phenoxy) is 1. The Labute approximate surface area is 118 Å². The predicted molar refractivity (Wildman–Crippen MR) is 70.5 cm³/mol. The first-order valence-electron chi connectivity index (χ1n) is 6.27. The van der Waals surface area contributed by atoms with Crippen LogP contribution in [0.25, 0.3) is 11.0 Å². The number of nitrogens with zero attached hydrogens (tertiary/aromatic N) is 3. The molecular formula is C12H14N4O5. The number of nitrogen functional groups attached to an aromatic ring is 1. The van der Waals surface area contributed by atoms with Gasteiger partial charge in [-0.3, -0.25) is 0 Å². The summed E-state index contributed by atoms with van der Waals surface area (Å²) in [6.45, 7) is 1.61. The van der Waals surface area contributed by atoms with Gasteiger partial charge in [0.1, 0.15) is 30.0 Å². The Morgan fingerprint density at radius 2 is 2.10 bits per heavy atom. The highest BCUT2D eigenvalue weighted by Gasteiger charge is 2.42. The molecule has 0 bridgehead atoms. The molecule has 0 aliphatic carbocycles. The van der Waals surface area contributed by atoms with E-state index in [9.17, 15) is 20.1 Å². The topological polar surface area (TPSA) is 144 Å². The van der Waals surface area contributed by atoms with Gasteiger partial charge in [0.25, 0.3) is 0 Å². The molecular weight excluding hydrogens is 280 g/mol. The highest BCUT2D eigenvalue weighted by Crippen LogP contribution is 2.34. The second-order valence-corrected chi connectivity index (χ2v) is 4.93. The van der Waals surface area contributed by atoms with Crippen LogP contribution in [0.1, 0.15) is 23.5 Å². The average Bonchev–Trinajstić information content (AvgIpc) is 2.94. The Morgan fingerprint density at radius 1 is 1.38 bits per heavy atom. The zero-order chi connectivity index (χ0) is 15.3. The van der Waals surface area contributed by atoms with E-state index in [0.29, 0.717) is 0 Å². The molecule has 0 radical (unpaired) electrons. The number of hydrogen-bond acceptors (Lipinski definition) is 7. The molecule has 3 heterocycles. The number of aromatic nitrogens is 3. The summed E-state index contributed by atoms with van der Waals surface area (Å²) in [6, 6.07) is 0. The molecule has 1 saturated heterocycles. The quantitative estimate of drug-likeness (QED) is 0.572. The largest absolute Gasteiger partial charge is 0.478 e. The van der Waals surface area contributed by atoms with E-state index < -0.39 is 30.5 Å². The molecule has 0 aromatic carbocycles. The van der Waals surface area contributed by atoms with Crippen LogP contribution < -0.4 is 5.73 Å². The molecule has 4 atom stereocenters. The predicted octanol–water partition coefficient (Wildman–Crippen LogP) is -0.649. The molecule has 3 rings (SSSR count). The van der Waals surface area contributed by atoms with Gasteiger partial charge in [-0.1, -0.05) is 0 Å². The van der Waals surface area contributed by atoms with Gasteiger partial charge in [-0.05, 0) is 6.92 Å². The van der Waals surface area contributed by atoms with Crippen LogP contribution in [-0.2, 0) is 4.74 Å². The van der Waals surface area contributed by atoms with Crippen molar-refractivity contribution in [2.75, 3.05) is 5.73 Å². The Bertz CT molecular complexity index is 715. The van der Waals surface area contributed by atoms with Crippen molar-refractivity contribution in [3.63, 3.8) is 0 Å². The number of aliphatic hydroxyl groups excluding tert-OH is 2. The van der Waals surface area contributed by atoms with Crippen LogP contribution >= 0.6 is 0 Å². The molecule has 21 heavy (non-hydrogen) atoms. The maximum atomic E-state index is 11.3. The molecule has 2 aromatic rings. The van der Waals surface area contributed by atoms with Crippen LogP contribution in [0.15, 0.2) is 12.5 Å². The van der Waals surface area contributed by atoms with Gasteiger partial charge in [-0.2, -0.15) is 0 Å². The molecule has 2 aromatic heterocycles. The molecule has 0 amide bonds. The number of nitrogens with two attached hydrogens (primary N) is 1. The second kappa shape index (κ2) is 4.65. The monoisotopic (exact) mass is 294 g/mol. The highest BCUT2D eigenvalue weighted by molar-refractivity contribution is 6.06. The summed E-state index contributed by atoms with van der Waals surface area (Å²) >= 11 is 0. The van der Waals surface area contributed by atoms with Crippen molar-refractivity contribution in [3.8, 4) is 0 Å². The number of hydrogen-bond donors (Lipinski definition) is 4. The molecule has 9 heteroatoms. The number of carboxylic acid groups (broad SMARTS) is 1. The molecule has 4 unspecified atom stereocenters. The summed E-state index contributed by atoms with van der Waals surface area (Å²) in [5.74, 6) is -1.17. The third-order valence-corrected chi connectivity index (χ3v) is 3.62. The minimum atomic E-state index is -1.20. The summed E-state index contributed by atoms with van der Waals surface area (Å²) in [6.07, 6.45) is -1.33. The first kappa shape index (κ1) is 13.7. The molecule has 1 fully saturated rings. The van der Waals surface area contributed by atoms with Gasteiger partial charge in [0.05, 0.1) is 17.1 Å². The Kier molecular flexibility index (Phi) is 3.04. The van der Waals surface area contributed by atoms with Gasteiger partial charge in [-0.25, -0.2) is 14.8 Å². The maximum absolute atomic E-state index is 11.3. The third-order valence-electron chi connectivity index (χ3n) is 3.62. The number of rotatable bonds is 2. The molecule has 112 valence electrons. The van der Waals surface area contributed by atoms with Gasteiger partial charge in [0, 0.05) is 6.20 Å². The van der Waals surface area contributed by atoms with Gasteiger partial charge in [0.2, 0.25) is 0 Å². The van der Waals surface area contributed by atoms with Crippen molar-refractivity contribution >= 4 is 22.8 Å². The Balaban J connectivity index is 2.20. The van der Waals surface area contributed by atoms with E-state index in [1.54, 1.807) is 6.92 Å². The van der Waals surface area contributed by atoms with E-state index in [4.69, 9.17) is 10.5 Å². The van der Waals surface area contributed by atoms with E-state index in [2.05, 4.69) is 9.97 Å². The van der Waals surface area contributed by atoms with Crippen LogP contribution in [0.4, 0.5) is 5.82 Å². The summed E-state index contributed by atoms with van der Waals surface area (Å²) in [5, 5.41) is 29.3. The van der Waals surface area contributed by atoms with Crippen molar-refractivity contribution < 1.29 is 24.9 Å². The fraction of sp³-hybridized carbons (Fsp3) is 0.417. The normalized spacial score (nSPS) is 29.1. The van der Waals surface area contributed by atoms with Crippen LogP contribution in [0.3, 0.4) is 0 Å². The number of aromatic carboxylic acids is 1. The van der Waals surface area contributed by atoms with E-state index in [1.807, 2.05) is 0 Å².